The molecule has 0 saturated carbocycles. The Hall–Kier alpha value is -1.48. The Balaban J connectivity index is 2.04. The molecule has 1 atom stereocenters. The molecule has 3 aliphatic rings. The monoisotopic (exact) mass is 242 g/mol. The number of hydrogen-bond acceptors (Lipinski definition) is 2. The summed E-state index contributed by atoms with van der Waals surface area (Å²) in [6.07, 6.45) is 2.14. The molecular formula is C15H18N2O. The van der Waals surface area contributed by atoms with Crippen LogP contribution in [0.1, 0.15) is 42.9 Å². The van der Waals surface area contributed by atoms with Crippen LogP contribution in [-0.4, -0.2) is 23.2 Å². The molecule has 0 radical (unpaired) electrons. The first-order chi connectivity index (χ1) is 8.75. The summed E-state index contributed by atoms with van der Waals surface area (Å²) in [4.78, 5) is 6.02. The Morgan fingerprint density at radius 2 is 2.11 bits per heavy atom. The SMILES string of the molecule is CC(O)c1cccc2c3c([nH]c12)N1CCC3CC1. The normalized spacial score (nSPS) is 20.4. The molecule has 0 spiro atoms. The number of benzene rings is 1. The average molecular weight is 242 g/mol. The molecular weight excluding hydrogens is 224 g/mol. The lowest BCUT2D eigenvalue weighted by molar-refractivity contribution is 0.200. The van der Waals surface area contributed by atoms with Gasteiger partial charge >= 0.3 is 0 Å². The zero-order valence-corrected chi connectivity index (χ0v) is 10.6. The minimum absolute atomic E-state index is 0.415. The summed E-state index contributed by atoms with van der Waals surface area (Å²) >= 11 is 0. The van der Waals surface area contributed by atoms with Gasteiger partial charge in [0.2, 0.25) is 0 Å². The first kappa shape index (κ1) is 10.4. The van der Waals surface area contributed by atoms with E-state index in [0.717, 1.165) is 11.1 Å². The summed E-state index contributed by atoms with van der Waals surface area (Å²) in [6.45, 7) is 4.19. The van der Waals surface area contributed by atoms with Gasteiger partial charge in [0.15, 0.2) is 0 Å². The van der Waals surface area contributed by atoms with Crippen molar-refractivity contribution < 1.29 is 5.11 Å². The fourth-order valence-electron chi connectivity index (χ4n) is 3.65. The van der Waals surface area contributed by atoms with Gasteiger partial charge in [0, 0.05) is 29.6 Å². The van der Waals surface area contributed by atoms with E-state index >= 15 is 0 Å². The number of piperidine rings is 1. The minimum atomic E-state index is -0.415. The molecule has 3 nitrogen and oxygen atoms in total. The lowest BCUT2D eigenvalue weighted by Crippen LogP contribution is -2.38. The van der Waals surface area contributed by atoms with Crippen LogP contribution in [0, 0.1) is 0 Å². The second-order valence-corrected chi connectivity index (χ2v) is 5.59. The van der Waals surface area contributed by atoms with Crippen LogP contribution in [0.15, 0.2) is 18.2 Å². The smallest absolute Gasteiger partial charge is 0.110 e. The predicted molar refractivity (Wildman–Crippen MR) is 73.1 cm³/mol. The molecule has 3 heteroatoms. The van der Waals surface area contributed by atoms with Crippen LogP contribution in [-0.2, 0) is 0 Å². The molecule has 1 fully saturated rings. The first-order valence-corrected chi connectivity index (χ1v) is 6.83. The second kappa shape index (κ2) is 3.51. The van der Waals surface area contributed by atoms with Gasteiger partial charge in [-0.2, -0.15) is 0 Å². The number of nitrogens with one attached hydrogen (secondary N) is 1. The number of aromatic amines is 1. The average Bonchev–Trinajstić information content (AvgIpc) is 2.80. The van der Waals surface area contributed by atoms with Crippen molar-refractivity contribution in [1.29, 1.82) is 0 Å². The van der Waals surface area contributed by atoms with E-state index in [1.54, 1.807) is 0 Å². The van der Waals surface area contributed by atoms with Gasteiger partial charge in [-0.1, -0.05) is 18.2 Å². The van der Waals surface area contributed by atoms with Crippen molar-refractivity contribution in [3.63, 3.8) is 0 Å². The highest BCUT2D eigenvalue weighted by Crippen LogP contribution is 2.46. The third-order valence-electron chi connectivity index (χ3n) is 4.55. The summed E-state index contributed by atoms with van der Waals surface area (Å²) in [5.74, 6) is 2.02. The van der Waals surface area contributed by atoms with Crippen molar-refractivity contribution in [1.82, 2.24) is 4.98 Å². The standard InChI is InChI=1S/C15H18N2O/c1-9(18)11-3-2-4-12-13-10-5-7-17(8-6-10)15(13)16-14(11)12/h2-4,9-10,16,18H,5-8H2,1H3. The number of hydrogen-bond donors (Lipinski definition) is 2. The number of H-pyrrole nitrogens is 1. The maximum Gasteiger partial charge on any atom is 0.110 e. The number of aliphatic hydroxyl groups excluding tert-OH is 1. The molecule has 2 bridgehead atoms. The molecule has 2 N–H and O–H groups in total. The Kier molecular flexibility index (Phi) is 2.04. The molecule has 18 heavy (non-hydrogen) atoms. The van der Waals surface area contributed by atoms with Crippen LogP contribution >= 0.6 is 0 Å². The van der Waals surface area contributed by atoms with E-state index < -0.39 is 6.10 Å². The molecule has 0 amide bonds. The maximum atomic E-state index is 9.90. The van der Waals surface area contributed by atoms with Crippen LogP contribution in [0.3, 0.4) is 0 Å². The van der Waals surface area contributed by atoms with Crippen LogP contribution in [0.4, 0.5) is 5.82 Å². The Bertz CT molecular complexity index is 606. The van der Waals surface area contributed by atoms with Crippen LogP contribution in [0.25, 0.3) is 10.9 Å². The molecule has 0 aliphatic carbocycles. The van der Waals surface area contributed by atoms with Gasteiger partial charge in [-0.05, 0) is 25.7 Å². The molecule has 1 aromatic heterocycles. The molecule has 1 saturated heterocycles. The predicted octanol–water partition coefficient (Wildman–Crippen LogP) is 2.92. The van der Waals surface area contributed by atoms with Crippen LogP contribution < -0.4 is 4.90 Å². The number of para-hydroxylation sites is 1. The van der Waals surface area contributed by atoms with E-state index in [0.29, 0.717) is 5.92 Å². The lowest BCUT2D eigenvalue weighted by atomic mass is 9.84. The number of aromatic nitrogens is 1. The van der Waals surface area contributed by atoms with E-state index in [1.165, 1.54) is 42.7 Å². The summed E-state index contributed by atoms with van der Waals surface area (Å²) in [6, 6.07) is 6.28. The maximum absolute atomic E-state index is 9.90. The summed E-state index contributed by atoms with van der Waals surface area (Å²) < 4.78 is 0. The summed E-state index contributed by atoms with van der Waals surface area (Å²) in [5.41, 5.74) is 3.64. The zero-order valence-electron chi connectivity index (χ0n) is 10.6. The van der Waals surface area contributed by atoms with E-state index in [2.05, 4.69) is 22.0 Å². The molecule has 2 aromatic rings. The number of anilines is 1. The Morgan fingerprint density at radius 3 is 2.83 bits per heavy atom. The third kappa shape index (κ3) is 1.23. The lowest BCUT2D eigenvalue weighted by Gasteiger charge is -2.40. The fraction of sp³-hybridized carbons (Fsp3) is 0.467. The van der Waals surface area contributed by atoms with Crippen LogP contribution in [0.5, 0.6) is 0 Å². The van der Waals surface area contributed by atoms with Crippen molar-refractivity contribution in [2.24, 2.45) is 0 Å². The Morgan fingerprint density at radius 1 is 1.33 bits per heavy atom. The highest BCUT2D eigenvalue weighted by atomic mass is 16.3. The third-order valence-corrected chi connectivity index (χ3v) is 4.55. The minimum Gasteiger partial charge on any atom is -0.389 e. The van der Waals surface area contributed by atoms with Gasteiger partial charge in [0.05, 0.1) is 11.6 Å². The van der Waals surface area contributed by atoms with Gasteiger partial charge in [0.1, 0.15) is 5.82 Å². The highest BCUT2D eigenvalue weighted by molar-refractivity contribution is 5.93. The molecule has 5 rings (SSSR count). The van der Waals surface area contributed by atoms with Crippen molar-refractivity contribution in [2.75, 3.05) is 18.0 Å². The second-order valence-electron chi connectivity index (χ2n) is 5.59. The molecule has 94 valence electrons. The summed E-state index contributed by atoms with van der Waals surface area (Å²) in [5, 5.41) is 11.2. The van der Waals surface area contributed by atoms with Gasteiger partial charge in [-0.15, -0.1) is 0 Å². The molecule has 4 heterocycles. The van der Waals surface area contributed by atoms with Gasteiger partial charge in [-0.3, -0.25) is 0 Å². The molecule has 3 aliphatic heterocycles. The van der Waals surface area contributed by atoms with Crippen LogP contribution in [0.2, 0.25) is 0 Å². The zero-order chi connectivity index (χ0) is 12.3. The first-order valence-electron chi connectivity index (χ1n) is 6.83. The largest absolute Gasteiger partial charge is 0.389 e. The van der Waals surface area contributed by atoms with Crippen molar-refractivity contribution in [3.8, 4) is 0 Å². The molecule has 1 unspecified atom stereocenters. The topological polar surface area (TPSA) is 39.3 Å². The quantitative estimate of drug-likeness (QED) is 0.807. The number of rotatable bonds is 1. The van der Waals surface area contributed by atoms with E-state index in [4.69, 9.17) is 0 Å². The number of fused-ring (bicyclic) bond motifs is 3. The van der Waals surface area contributed by atoms with Crippen molar-refractivity contribution >= 4 is 16.7 Å². The van der Waals surface area contributed by atoms with E-state index in [9.17, 15) is 5.11 Å². The van der Waals surface area contributed by atoms with E-state index in [-0.39, 0.29) is 0 Å². The molecule has 1 aromatic carbocycles. The van der Waals surface area contributed by atoms with Gasteiger partial charge in [-0.25, -0.2) is 0 Å². The van der Waals surface area contributed by atoms with E-state index in [1.807, 2.05) is 13.0 Å². The number of aliphatic hydroxyl groups is 1. The Labute approximate surface area is 106 Å². The van der Waals surface area contributed by atoms with Gasteiger partial charge in [0.25, 0.3) is 0 Å². The fourth-order valence-corrected chi connectivity index (χ4v) is 3.65. The van der Waals surface area contributed by atoms with Crippen molar-refractivity contribution in [2.45, 2.75) is 31.8 Å². The summed E-state index contributed by atoms with van der Waals surface area (Å²) in [7, 11) is 0. The highest BCUT2D eigenvalue weighted by Gasteiger charge is 2.34. The number of nitrogens with zero attached hydrogens (tertiary/aromatic N) is 1. The van der Waals surface area contributed by atoms with Crippen molar-refractivity contribution in [3.05, 3.63) is 29.3 Å². The van der Waals surface area contributed by atoms with Gasteiger partial charge < -0.3 is 15.0 Å².